The van der Waals surface area contributed by atoms with Crippen LogP contribution in [0, 0.1) is 13.8 Å². The maximum atomic E-state index is 12.1. The Labute approximate surface area is 158 Å². The molecule has 5 nitrogen and oxygen atoms in total. The molecule has 0 saturated heterocycles. The van der Waals surface area contributed by atoms with E-state index in [4.69, 9.17) is 14.2 Å². The smallest absolute Gasteiger partial charge is 0.344 e. The minimum Gasteiger partial charge on any atom is -0.481 e. The summed E-state index contributed by atoms with van der Waals surface area (Å²) in [5.41, 5.74) is 2.73. The van der Waals surface area contributed by atoms with Gasteiger partial charge in [0.2, 0.25) is 0 Å². The van der Waals surface area contributed by atoms with Crippen molar-refractivity contribution in [2.75, 3.05) is 6.61 Å². The third-order valence-corrected chi connectivity index (χ3v) is 3.97. The molecule has 0 atom stereocenters. The van der Waals surface area contributed by atoms with Gasteiger partial charge in [0.25, 0.3) is 0 Å². The summed E-state index contributed by atoms with van der Waals surface area (Å²) in [4.78, 5) is 16.1. The quantitative estimate of drug-likeness (QED) is 0.574. The van der Waals surface area contributed by atoms with Crippen molar-refractivity contribution in [2.24, 2.45) is 0 Å². The molecule has 138 valence electrons. The van der Waals surface area contributed by atoms with E-state index in [2.05, 4.69) is 4.98 Å². The maximum Gasteiger partial charge on any atom is 0.344 e. The molecule has 1 heterocycles. The lowest BCUT2D eigenvalue weighted by atomic mass is 10.1. The van der Waals surface area contributed by atoms with Crippen LogP contribution in [0.3, 0.4) is 0 Å². The van der Waals surface area contributed by atoms with E-state index in [0.717, 1.165) is 22.4 Å². The number of carbonyl (C=O) groups is 1. The van der Waals surface area contributed by atoms with Crippen molar-refractivity contribution in [3.05, 3.63) is 83.7 Å². The van der Waals surface area contributed by atoms with E-state index in [1.165, 1.54) is 0 Å². The zero-order valence-corrected chi connectivity index (χ0v) is 15.3. The van der Waals surface area contributed by atoms with Crippen molar-refractivity contribution in [2.45, 2.75) is 20.5 Å². The number of rotatable bonds is 7. The summed E-state index contributed by atoms with van der Waals surface area (Å²) >= 11 is 0. The minimum atomic E-state index is -0.436. The zero-order valence-electron chi connectivity index (χ0n) is 15.3. The standard InChI is InChI=1S/C22H21NO4/c1-16-7-5-8-17(2)22(16)26-15-21(24)25-14-18-9-3-4-11-20(18)27-19-10-6-12-23-13-19/h3-13H,14-15H2,1-2H3. The van der Waals surface area contributed by atoms with Crippen LogP contribution in [0.1, 0.15) is 16.7 Å². The molecule has 27 heavy (non-hydrogen) atoms. The summed E-state index contributed by atoms with van der Waals surface area (Å²) in [6, 6.07) is 16.9. The van der Waals surface area contributed by atoms with Gasteiger partial charge in [0.1, 0.15) is 23.9 Å². The number of para-hydroxylation sites is 2. The van der Waals surface area contributed by atoms with Crippen LogP contribution < -0.4 is 9.47 Å². The van der Waals surface area contributed by atoms with Gasteiger partial charge in [0.15, 0.2) is 6.61 Å². The first-order chi connectivity index (χ1) is 13.1. The summed E-state index contributed by atoms with van der Waals surface area (Å²) in [6.45, 7) is 3.85. The van der Waals surface area contributed by atoms with Gasteiger partial charge in [0.05, 0.1) is 6.20 Å². The molecule has 0 fully saturated rings. The van der Waals surface area contributed by atoms with Crippen molar-refractivity contribution < 1.29 is 19.0 Å². The number of hydrogen-bond donors (Lipinski definition) is 0. The number of aryl methyl sites for hydroxylation is 2. The number of esters is 1. The normalized spacial score (nSPS) is 10.3. The van der Waals surface area contributed by atoms with Gasteiger partial charge in [0, 0.05) is 11.8 Å². The number of nitrogens with zero attached hydrogens (tertiary/aromatic N) is 1. The lowest BCUT2D eigenvalue weighted by molar-refractivity contribution is -0.147. The number of carbonyl (C=O) groups excluding carboxylic acids is 1. The van der Waals surface area contributed by atoms with Crippen LogP contribution in [0.5, 0.6) is 17.2 Å². The lowest BCUT2D eigenvalue weighted by Crippen LogP contribution is -2.15. The second kappa shape index (κ2) is 8.85. The molecule has 0 aliphatic rings. The van der Waals surface area contributed by atoms with Crippen LogP contribution in [0.4, 0.5) is 0 Å². The second-order valence-corrected chi connectivity index (χ2v) is 6.07. The molecule has 5 heteroatoms. The Bertz CT molecular complexity index is 889. The van der Waals surface area contributed by atoms with Gasteiger partial charge in [-0.25, -0.2) is 4.79 Å². The highest BCUT2D eigenvalue weighted by Crippen LogP contribution is 2.25. The molecule has 0 bridgehead atoms. The predicted molar refractivity (Wildman–Crippen MR) is 102 cm³/mol. The summed E-state index contributed by atoms with van der Waals surface area (Å²) < 4.78 is 16.8. The maximum absolute atomic E-state index is 12.1. The number of pyridine rings is 1. The largest absolute Gasteiger partial charge is 0.481 e. The van der Waals surface area contributed by atoms with Crippen LogP contribution in [-0.2, 0) is 16.1 Å². The van der Waals surface area contributed by atoms with Crippen LogP contribution in [0.25, 0.3) is 0 Å². The highest BCUT2D eigenvalue weighted by atomic mass is 16.6. The van der Waals surface area contributed by atoms with Crippen LogP contribution in [-0.4, -0.2) is 17.6 Å². The van der Waals surface area contributed by atoms with E-state index >= 15 is 0 Å². The van der Waals surface area contributed by atoms with Gasteiger partial charge in [-0.15, -0.1) is 0 Å². The molecule has 0 aliphatic heterocycles. The molecule has 3 rings (SSSR count). The van der Waals surface area contributed by atoms with E-state index in [0.29, 0.717) is 11.5 Å². The molecule has 0 N–H and O–H groups in total. The van der Waals surface area contributed by atoms with Gasteiger partial charge in [-0.3, -0.25) is 4.98 Å². The average molecular weight is 363 g/mol. The second-order valence-electron chi connectivity index (χ2n) is 6.07. The number of benzene rings is 2. The van der Waals surface area contributed by atoms with Gasteiger partial charge < -0.3 is 14.2 Å². The fourth-order valence-electron chi connectivity index (χ4n) is 2.61. The Hall–Kier alpha value is -3.34. The SMILES string of the molecule is Cc1cccc(C)c1OCC(=O)OCc1ccccc1Oc1cccnc1. The molecule has 0 spiro atoms. The molecular weight excluding hydrogens is 342 g/mol. The first-order valence-electron chi connectivity index (χ1n) is 8.64. The zero-order chi connectivity index (χ0) is 19.1. The first kappa shape index (κ1) is 18.5. The summed E-state index contributed by atoms with van der Waals surface area (Å²) in [5, 5.41) is 0. The molecular formula is C22H21NO4. The molecule has 3 aromatic rings. The molecule has 0 unspecified atom stereocenters. The molecule has 0 aliphatic carbocycles. The predicted octanol–water partition coefficient (Wildman–Crippen LogP) is 4.61. The Morgan fingerprint density at radius 2 is 1.74 bits per heavy atom. The van der Waals surface area contributed by atoms with Crippen molar-refractivity contribution in [1.82, 2.24) is 4.98 Å². The van der Waals surface area contributed by atoms with Crippen molar-refractivity contribution in [1.29, 1.82) is 0 Å². The Morgan fingerprint density at radius 3 is 2.48 bits per heavy atom. The summed E-state index contributed by atoms with van der Waals surface area (Å²) in [6.07, 6.45) is 3.30. The van der Waals surface area contributed by atoms with E-state index in [9.17, 15) is 4.79 Å². The minimum absolute atomic E-state index is 0.103. The highest BCUT2D eigenvalue weighted by molar-refractivity contribution is 5.71. The van der Waals surface area contributed by atoms with Crippen LogP contribution >= 0.6 is 0 Å². The van der Waals surface area contributed by atoms with Crippen molar-refractivity contribution in [3.8, 4) is 17.2 Å². The Morgan fingerprint density at radius 1 is 0.963 bits per heavy atom. The monoisotopic (exact) mass is 363 g/mol. The third kappa shape index (κ3) is 5.07. The van der Waals surface area contributed by atoms with Gasteiger partial charge in [-0.05, 0) is 43.2 Å². The number of aromatic nitrogens is 1. The fourth-order valence-corrected chi connectivity index (χ4v) is 2.61. The summed E-state index contributed by atoms with van der Waals surface area (Å²) in [5.74, 6) is 1.52. The van der Waals surface area contributed by atoms with Crippen molar-refractivity contribution in [3.63, 3.8) is 0 Å². The molecule has 2 aromatic carbocycles. The van der Waals surface area contributed by atoms with Gasteiger partial charge in [-0.1, -0.05) is 36.4 Å². The highest BCUT2D eigenvalue weighted by Gasteiger charge is 2.11. The fraction of sp³-hybridized carbons (Fsp3) is 0.182. The Kier molecular flexibility index (Phi) is 6.05. The number of hydrogen-bond acceptors (Lipinski definition) is 5. The van der Waals surface area contributed by atoms with Crippen LogP contribution in [0.2, 0.25) is 0 Å². The average Bonchev–Trinajstić information content (AvgIpc) is 2.68. The van der Waals surface area contributed by atoms with Gasteiger partial charge >= 0.3 is 5.97 Å². The van der Waals surface area contributed by atoms with Crippen molar-refractivity contribution >= 4 is 5.97 Å². The molecule has 1 aromatic heterocycles. The topological polar surface area (TPSA) is 57.7 Å². The first-order valence-corrected chi connectivity index (χ1v) is 8.64. The molecule has 0 amide bonds. The van der Waals surface area contributed by atoms with E-state index < -0.39 is 5.97 Å². The van der Waals surface area contributed by atoms with Gasteiger partial charge in [-0.2, -0.15) is 0 Å². The lowest BCUT2D eigenvalue weighted by Gasteiger charge is -2.13. The van der Waals surface area contributed by atoms with Crippen LogP contribution in [0.15, 0.2) is 67.0 Å². The summed E-state index contributed by atoms with van der Waals surface area (Å²) in [7, 11) is 0. The van der Waals surface area contributed by atoms with E-state index in [1.807, 2.05) is 62.4 Å². The third-order valence-electron chi connectivity index (χ3n) is 3.97. The molecule has 0 radical (unpaired) electrons. The number of ether oxygens (including phenoxy) is 3. The molecule has 0 saturated carbocycles. The van der Waals surface area contributed by atoms with E-state index in [1.54, 1.807) is 18.5 Å². The van der Waals surface area contributed by atoms with E-state index in [-0.39, 0.29) is 13.2 Å². The Balaban J connectivity index is 1.58.